The second-order valence-electron chi connectivity index (χ2n) is 6.89. The van der Waals surface area contributed by atoms with Crippen molar-refractivity contribution in [3.63, 3.8) is 0 Å². The van der Waals surface area contributed by atoms with Crippen molar-refractivity contribution in [2.24, 2.45) is 0 Å². The van der Waals surface area contributed by atoms with Crippen molar-refractivity contribution in [1.82, 2.24) is 15.1 Å². The molecule has 1 aliphatic rings. The summed E-state index contributed by atoms with van der Waals surface area (Å²) >= 11 is 0. The molecule has 5 heteroatoms. The number of benzene rings is 2. The summed E-state index contributed by atoms with van der Waals surface area (Å²) in [6, 6.07) is 18.6. The highest BCUT2D eigenvalue weighted by atomic mass is 16.5. The Kier molecular flexibility index (Phi) is 7.11. The Morgan fingerprint density at radius 1 is 0.926 bits per heavy atom. The number of hydrogen-bond donors (Lipinski definition) is 1. The molecule has 1 fully saturated rings. The molecule has 144 valence electrons. The highest BCUT2D eigenvalue weighted by molar-refractivity contribution is 5.74. The maximum Gasteiger partial charge on any atom is 0.317 e. The van der Waals surface area contributed by atoms with E-state index in [-0.39, 0.29) is 6.03 Å². The molecule has 27 heavy (non-hydrogen) atoms. The topological polar surface area (TPSA) is 44.8 Å². The molecule has 1 saturated heterocycles. The first kappa shape index (κ1) is 19.2. The molecular formula is C22H29N3O2. The van der Waals surface area contributed by atoms with Gasteiger partial charge >= 0.3 is 6.03 Å². The van der Waals surface area contributed by atoms with Crippen LogP contribution >= 0.6 is 0 Å². The molecule has 0 aliphatic carbocycles. The lowest BCUT2D eigenvalue weighted by atomic mass is 10.1. The van der Waals surface area contributed by atoms with Crippen LogP contribution in [0, 0.1) is 0 Å². The second-order valence-corrected chi connectivity index (χ2v) is 6.89. The van der Waals surface area contributed by atoms with Crippen molar-refractivity contribution in [1.29, 1.82) is 0 Å². The summed E-state index contributed by atoms with van der Waals surface area (Å²) in [5, 5.41) is 3.04. The molecule has 1 heterocycles. The highest BCUT2D eigenvalue weighted by Crippen LogP contribution is 2.12. The molecular weight excluding hydrogens is 338 g/mol. The molecule has 0 spiro atoms. The average Bonchev–Trinajstić information content (AvgIpc) is 2.73. The van der Waals surface area contributed by atoms with E-state index in [9.17, 15) is 4.79 Å². The van der Waals surface area contributed by atoms with E-state index in [2.05, 4.69) is 34.5 Å². The Bertz CT molecular complexity index is 695. The summed E-state index contributed by atoms with van der Waals surface area (Å²) in [4.78, 5) is 16.7. The van der Waals surface area contributed by atoms with Gasteiger partial charge in [-0.1, -0.05) is 42.5 Å². The molecule has 0 aromatic heterocycles. The third-order valence-electron chi connectivity index (χ3n) is 5.07. The minimum absolute atomic E-state index is 0.0562. The van der Waals surface area contributed by atoms with Gasteiger partial charge in [0.2, 0.25) is 0 Å². The number of nitrogens with zero attached hydrogens (tertiary/aromatic N) is 2. The number of nitrogens with one attached hydrogen (secondary N) is 1. The first-order valence-electron chi connectivity index (χ1n) is 9.66. The maximum atomic E-state index is 12.3. The molecule has 0 saturated carbocycles. The molecule has 1 aliphatic heterocycles. The maximum absolute atomic E-state index is 12.3. The van der Waals surface area contributed by atoms with Crippen LogP contribution in [0.5, 0.6) is 5.75 Å². The number of hydrogen-bond acceptors (Lipinski definition) is 3. The first-order valence-corrected chi connectivity index (χ1v) is 9.66. The van der Waals surface area contributed by atoms with Crippen molar-refractivity contribution < 1.29 is 9.53 Å². The van der Waals surface area contributed by atoms with E-state index < -0.39 is 0 Å². The van der Waals surface area contributed by atoms with E-state index in [1.54, 1.807) is 7.11 Å². The zero-order valence-corrected chi connectivity index (χ0v) is 16.1. The van der Waals surface area contributed by atoms with Crippen LogP contribution in [0.25, 0.3) is 0 Å². The van der Waals surface area contributed by atoms with Crippen molar-refractivity contribution in [2.45, 2.75) is 12.8 Å². The Hall–Kier alpha value is -2.53. The number of rotatable bonds is 7. The third-order valence-corrected chi connectivity index (χ3v) is 5.07. The van der Waals surface area contributed by atoms with Crippen molar-refractivity contribution in [2.75, 3.05) is 46.4 Å². The van der Waals surface area contributed by atoms with Gasteiger partial charge in [-0.15, -0.1) is 0 Å². The van der Waals surface area contributed by atoms with Gasteiger partial charge in [0.15, 0.2) is 0 Å². The summed E-state index contributed by atoms with van der Waals surface area (Å²) < 4.78 is 5.20. The lowest BCUT2D eigenvalue weighted by Gasteiger charge is -2.34. The molecule has 5 nitrogen and oxygen atoms in total. The first-order chi connectivity index (χ1) is 13.2. The minimum Gasteiger partial charge on any atom is -0.497 e. The Morgan fingerprint density at radius 3 is 2.26 bits per heavy atom. The van der Waals surface area contributed by atoms with E-state index in [0.29, 0.717) is 6.54 Å². The van der Waals surface area contributed by atoms with Crippen molar-refractivity contribution in [3.05, 3.63) is 65.7 Å². The largest absolute Gasteiger partial charge is 0.497 e. The average molecular weight is 367 g/mol. The van der Waals surface area contributed by atoms with Gasteiger partial charge in [0.05, 0.1) is 7.11 Å². The molecule has 1 N–H and O–H groups in total. The normalized spacial score (nSPS) is 14.8. The van der Waals surface area contributed by atoms with E-state index in [1.807, 2.05) is 35.2 Å². The fourth-order valence-electron chi connectivity index (χ4n) is 3.32. The monoisotopic (exact) mass is 367 g/mol. The van der Waals surface area contributed by atoms with Gasteiger partial charge in [0.1, 0.15) is 5.75 Å². The van der Waals surface area contributed by atoms with E-state index in [4.69, 9.17) is 4.74 Å². The number of amides is 2. The zero-order chi connectivity index (χ0) is 18.9. The van der Waals surface area contributed by atoms with Gasteiger partial charge in [-0.2, -0.15) is 0 Å². The fraction of sp³-hybridized carbons (Fsp3) is 0.409. The number of methoxy groups -OCH3 is 1. The third kappa shape index (κ3) is 6.00. The Balaban J connectivity index is 1.33. The number of carbonyl (C=O) groups is 1. The summed E-state index contributed by atoms with van der Waals surface area (Å²) in [7, 11) is 1.69. The second kappa shape index (κ2) is 9.97. The van der Waals surface area contributed by atoms with Crippen LogP contribution in [0.4, 0.5) is 4.79 Å². The zero-order valence-electron chi connectivity index (χ0n) is 16.1. The van der Waals surface area contributed by atoms with Gasteiger partial charge in [-0.05, 0) is 36.1 Å². The molecule has 2 aromatic rings. The van der Waals surface area contributed by atoms with Gasteiger partial charge < -0.3 is 15.0 Å². The summed E-state index contributed by atoms with van der Waals surface area (Å²) in [5.41, 5.74) is 2.57. The number of ether oxygens (including phenoxy) is 1. The van der Waals surface area contributed by atoms with Crippen LogP contribution in [0.3, 0.4) is 0 Å². The highest BCUT2D eigenvalue weighted by Gasteiger charge is 2.20. The summed E-state index contributed by atoms with van der Waals surface area (Å²) in [6.45, 7) is 5.15. The molecule has 2 amide bonds. The van der Waals surface area contributed by atoms with Crippen molar-refractivity contribution in [3.8, 4) is 5.75 Å². The summed E-state index contributed by atoms with van der Waals surface area (Å²) in [6.07, 6.45) is 1.89. The van der Waals surface area contributed by atoms with Gasteiger partial charge in [-0.3, -0.25) is 4.90 Å². The molecule has 0 bridgehead atoms. The fourth-order valence-corrected chi connectivity index (χ4v) is 3.32. The van der Waals surface area contributed by atoms with Crippen LogP contribution in [0.2, 0.25) is 0 Å². The van der Waals surface area contributed by atoms with Crippen molar-refractivity contribution >= 4 is 6.03 Å². The lowest BCUT2D eigenvalue weighted by Crippen LogP contribution is -2.52. The molecule has 0 radical (unpaired) electrons. The van der Waals surface area contributed by atoms with Crippen LogP contribution in [0.15, 0.2) is 54.6 Å². The van der Waals surface area contributed by atoms with E-state index >= 15 is 0 Å². The molecule has 0 unspecified atom stereocenters. The Morgan fingerprint density at radius 2 is 1.59 bits per heavy atom. The summed E-state index contributed by atoms with van der Waals surface area (Å²) in [5.74, 6) is 0.894. The van der Waals surface area contributed by atoms with Gasteiger partial charge in [0, 0.05) is 39.3 Å². The van der Waals surface area contributed by atoms with Crippen LogP contribution in [0.1, 0.15) is 11.1 Å². The number of urea groups is 1. The molecule has 2 aromatic carbocycles. The smallest absolute Gasteiger partial charge is 0.317 e. The van der Waals surface area contributed by atoms with Crippen LogP contribution in [-0.4, -0.2) is 62.2 Å². The quantitative estimate of drug-likeness (QED) is 0.818. The SMILES string of the molecule is COc1ccc(CCN2CCN(C(=O)NCCc3ccccc3)CC2)cc1. The number of piperazine rings is 1. The lowest BCUT2D eigenvalue weighted by molar-refractivity contribution is 0.140. The standard InChI is InChI=1S/C22H29N3O2/c1-27-21-9-7-20(8-10-21)12-14-24-15-17-25(18-16-24)22(26)23-13-11-19-5-3-2-4-6-19/h2-10H,11-18H2,1H3,(H,23,26). The predicted octanol–water partition coefficient (Wildman–Crippen LogP) is 2.81. The van der Waals surface area contributed by atoms with Crippen LogP contribution in [-0.2, 0) is 12.8 Å². The van der Waals surface area contributed by atoms with Gasteiger partial charge in [-0.25, -0.2) is 4.79 Å². The van der Waals surface area contributed by atoms with Gasteiger partial charge in [0.25, 0.3) is 0 Å². The number of carbonyl (C=O) groups excluding carboxylic acids is 1. The predicted molar refractivity (Wildman–Crippen MR) is 108 cm³/mol. The Labute approximate surface area is 161 Å². The van der Waals surface area contributed by atoms with Crippen LogP contribution < -0.4 is 10.1 Å². The van der Waals surface area contributed by atoms with E-state index in [1.165, 1.54) is 11.1 Å². The molecule has 0 atom stereocenters. The minimum atomic E-state index is 0.0562. The van der Waals surface area contributed by atoms with E-state index in [0.717, 1.165) is 51.3 Å². The molecule has 3 rings (SSSR count).